The van der Waals surface area contributed by atoms with Crippen LogP contribution in [0.5, 0.6) is 5.75 Å². The molecule has 1 N–H and O–H groups in total. The molecule has 104 valence electrons. The summed E-state index contributed by atoms with van der Waals surface area (Å²) in [6.45, 7) is 0.407. The molecule has 0 spiro atoms. The Bertz CT molecular complexity index is 571. The highest BCUT2D eigenvalue weighted by atomic mass is 16.5. The maximum absolute atomic E-state index is 5.80. The van der Waals surface area contributed by atoms with E-state index in [9.17, 15) is 0 Å². The van der Waals surface area contributed by atoms with E-state index in [1.807, 2.05) is 13.1 Å². The first-order valence-corrected chi connectivity index (χ1v) is 7.05. The molecule has 1 atom stereocenters. The van der Waals surface area contributed by atoms with Crippen molar-refractivity contribution in [2.45, 2.75) is 31.9 Å². The zero-order valence-corrected chi connectivity index (χ0v) is 11.7. The predicted octanol–water partition coefficient (Wildman–Crippen LogP) is 2.65. The fourth-order valence-electron chi connectivity index (χ4n) is 2.72. The van der Waals surface area contributed by atoms with Crippen molar-refractivity contribution in [2.24, 2.45) is 0 Å². The number of hydrogen-bond donors (Lipinski definition) is 1. The van der Waals surface area contributed by atoms with Crippen molar-refractivity contribution in [1.29, 1.82) is 0 Å². The molecule has 0 bridgehead atoms. The number of rotatable bonds is 4. The van der Waals surface area contributed by atoms with Crippen molar-refractivity contribution in [3.63, 3.8) is 0 Å². The van der Waals surface area contributed by atoms with E-state index in [1.165, 1.54) is 24.0 Å². The van der Waals surface area contributed by atoms with Gasteiger partial charge >= 0.3 is 0 Å². The first kappa shape index (κ1) is 13.1. The lowest BCUT2D eigenvalue weighted by atomic mass is 9.87. The summed E-state index contributed by atoms with van der Waals surface area (Å²) in [5.74, 6) is 1.59. The molecule has 1 unspecified atom stereocenters. The van der Waals surface area contributed by atoms with Crippen LogP contribution in [0.3, 0.4) is 0 Å². The fourth-order valence-corrected chi connectivity index (χ4v) is 2.72. The number of benzene rings is 1. The maximum atomic E-state index is 5.80. The Morgan fingerprint density at radius 2 is 2.15 bits per heavy atom. The van der Waals surface area contributed by atoms with E-state index in [2.05, 4.69) is 27.4 Å². The summed E-state index contributed by atoms with van der Waals surface area (Å²) in [7, 11) is 2.02. The molecular weight excluding hydrogens is 250 g/mol. The highest BCUT2D eigenvalue weighted by Crippen LogP contribution is 2.32. The minimum Gasteiger partial charge on any atom is -0.486 e. The van der Waals surface area contributed by atoms with E-state index in [-0.39, 0.29) is 0 Å². The van der Waals surface area contributed by atoms with Gasteiger partial charge in [-0.05, 0) is 55.6 Å². The van der Waals surface area contributed by atoms with E-state index < -0.39 is 0 Å². The van der Waals surface area contributed by atoms with E-state index in [0.29, 0.717) is 18.5 Å². The number of nitrogens with zero attached hydrogens (tertiary/aromatic N) is 2. The molecule has 1 aliphatic carbocycles. The van der Waals surface area contributed by atoms with Gasteiger partial charge in [-0.2, -0.15) is 0 Å². The average molecular weight is 269 g/mol. The Labute approximate surface area is 119 Å². The van der Waals surface area contributed by atoms with Crippen molar-refractivity contribution < 1.29 is 4.74 Å². The fraction of sp³-hybridized carbons (Fsp3) is 0.375. The van der Waals surface area contributed by atoms with Crippen LogP contribution < -0.4 is 10.1 Å². The molecule has 1 heterocycles. The van der Waals surface area contributed by atoms with Crippen LogP contribution in [0.25, 0.3) is 0 Å². The van der Waals surface area contributed by atoms with Crippen LogP contribution in [-0.4, -0.2) is 17.0 Å². The molecule has 0 amide bonds. The molecule has 1 aromatic heterocycles. The van der Waals surface area contributed by atoms with Gasteiger partial charge < -0.3 is 10.1 Å². The zero-order valence-electron chi connectivity index (χ0n) is 11.7. The van der Waals surface area contributed by atoms with Gasteiger partial charge in [-0.25, -0.2) is 9.97 Å². The SMILES string of the molecule is CNC1CCCc2ccc(OCc3ncccn3)cc21. The van der Waals surface area contributed by atoms with Crippen LogP contribution in [0.2, 0.25) is 0 Å². The van der Waals surface area contributed by atoms with Gasteiger partial charge in [0.05, 0.1) is 0 Å². The lowest BCUT2D eigenvalue weighted by Crippen LogP contribution is -2.21. The first-order chi connectivity index (χ1) is 9.86. The van der Waals surface area contributed by atoms with Crippen LogP contribution in [0, 0.1) is 0 Å². The molecule has 1 aliphatic rings. The molecule has 0 fully saturated rings. The predicted molar refractivity (Wildman–Crippen MR) is 77.5 cm³/mol. The topological polar surface area (TPSA) is 47.0 Å². The Hall–Kier alpha value is -1.94. The number of fused-ring (bicyclic) bond motifs is 1. The van der Waals surface area contributed by atoms with Gasteiger partial charge in [-0.15, -0.1) is 0 Å². The monoisotopic (exact) mass is 269 g/mol. The lowest BCUT2D eigenvalue weighted by molar-refractivity contribution is 0.294. The summed E-state index contributed by atoms with van der Waals surface area (Å²) < 4.78 is 5.80. The molecule has 3 rings (SSSR count). The summed E-state index contributed by atoms with van der Waals surface area (Å²) in [6.07, 6.45) is 7.06. The summed E-state index contributed by atoms with van der Waals surface area (Å²) in [4.78, 5) is 8.33. The van der Waals surface area contributed by atoms with Crippen LogP contribution in [0.4, 0.5) is 0 Å². The molecule has 0 radical (unpaired) electrons. The van der Waals surface area contributed by atoms with E-state index in [0.717, 1.165) is 12.2 Å². The third-order valence-electron chi connectivity index (χ3n) is 3.77. The summed E-state index contributed by atoms with van der Waals surface area (Å²) in [5, 5.41) is 3.38. The summed E-state index contributed by atoms with van der Waals surface area (Å²) in [5.41, 5.74) is 2.80. The van der Waals surface area contributed by atoms with Gasteiger partial charge in [-0.3, -0.25) is 0 Å². The molecule has 20 heavy (non-hydrogen) atoms. The minimum atomic E-state index is 0.407. The van der Waals surface area contributed by atoms with E-state index in [4.69, 9.17) is 4.74 Å². The quantitative estimate of drug-likeness (QED) is 0.927. The Balaban J connectivity index is 1.75. The molecule has 0 saturated heterocycles. The van der Waals surface area contributed by atoms with Crippen LogP contribution in [0.1, 0.15) is 35.8 Å². The van der Waals surface area contributed by atoms with Gasteiger partial charge in [0.1, 0.15) is 12.4 Å². The molecule has 4 nitrogen and oxygen atoms in total. The molecular formula is C16H19N3O. The number of hydrogen-bond acceptors (Lipinski definition) is 4. The second kappa shape index (κ2) is 6.01. The third kappa shape index (κ3) is 2.80. The minimum absolute atomic E-state index is 0.407. The maximum Gasteiger partial charge on any atom is 0.166 e. The molecule has 0 aliphatic heterocycles. The highest BCUT2D eigenvalue weighted by molar-refractivity contribution is 5.39. The largest absolute Gasteiger partial charge is 0.486 e. The van der Waals surface area contributed by atoms with Gasteiger partial charge in [-0.1, -0.05) is 6.07 Å². The second-order valence-corrected chi connectivity index (χ2v) is 5.05. The van der Waals surface area contributed by atoms with Crippen LogP contribution >= 0.6 is 0 Å². The lowest BCUT2D eigenvalue weighted by Gasteiger charge is -2.25. The van der Waals surface area contributed by atoms with Gasteiger partial charge in [0.25, 0.3) is 0 Å². The Morgan fingerprint density at radius 3 is 2.95 bits per heavy atom. The second-order valence-electron chi connectivity index (χ2n) is 5.05. The van der Waals surface area contributed by atoms with Crippen molar-refractivity contribution in [3.8, 4) is 5.75 Å². The number of ether oxygens (including phenoxy) is 1. The number of nitrogens with one attached hydrogen (secondary N) is 1. The van der Waals surface area contributed by atoms with Crippen molar-refractivity contribution >= 4 is 0 Å². The molecule has 1 aromatic carbocycles. The summed E-state index contributed by atoms with van der Waals surface area (Å²) in [6, 6.07) is 8.62. The van der Waals surface area contributed by atoms with Crippen LogP contribution in [-0.2, 0) is 13.0 Å². The van der Waals surface area contributed by atoms with Crippen molar-refractivity contribution in [1.82, 2.24) is 15.3 Å². The Kier molecular flexibility index (Phi) is 3.92. The molecule has 4 heteroatoms. The van der Waals surface area contributed by atoms with Crippen LogP contribution in [0.15, 0.2) is 36.7 Å². The molecule has 2 aromatic rings. The Morgan fingerprint density at radius 1 is 1.30 bits per heavy atom. The average Bonchev–Trinajstić information content (AvgIpc) is 2.53. The first-order valence-electron chi connectivity index (χ1n) is 7.05. The standard InChI is InChI=1S/C16H19N3O/c1-17-15-5-2-4-12-6-7-13(10-14(12)15)20-11-16-18-8-3-9-19-16/h3,6-10,15,17H,2,4-5,11H2,1H3. The van der Waals surface area contributed by atoms with Crippen molar-refractivity contribution in [2.75, 3.05) is 7.05 Å². The molecule has 0 saturated carbocycles. The highest BCUT2D eigenvalue weighted by Gasteiger charge is 2.19. The van der Waals surface area contributed by atoms with E-state index in [1.54, 1.807) is 18.5 Å². The van der Waals surface area contributed by atoms with Gasteiger partial charge in [0.15, 0.2) is 5.82 Å². The number of aryl methyl sites for hydroxylation is 1. The zero-order chi connectivity index (χ0) is 13.8. The summed E-state index contributed by atoms with van der Waals surface area (Å²) >= 11 is 0. The van der Waals surface area contributed by atoms with Crippen molar-refractivity contribution in [3.05, 3.63) is 53.6 Å². The van der Waals surface area contributed by atoms with E-state index >= 15 is 0 Å². The number of aromatic nitrogens is 2. The normalized spacial score (nSPS) is 17.6. The van der Waals surface area contributed by atoms with Gasteiger partial charge in [0, 0.05) is 18.4 Å². The third-order valence-corrected chi connectivity index (χ3v) is 3.77. The van der Waals surface area contributed by atoms with Gasteiger partial charge in [0.2, 0.25) is 0 Å². The smallest absolute Gasteiger partial charge is 0.166 e.